The molecule has 0 spiro atoms. The summed E-state index contributed by atoms with van der Waals surface area (Å²) in [5.74, 6) is 0.912. The lowest BCUT2D eigenvalue weighted by atomic mass is 9.64. The van der Waals surface area contributed by atoms with Gasteiger partial charge in [0.25, 0.3) is 0 Å². The highest BCUT2D eigenvalue weighted by atomic mass is 16.6. The van der Waals surface area contributed by atoms with Crippen molar-refractivity contribution in [2.24, 2.45) is 11.8 Å². The van der Waals surface area contributed by atoms with Gasteiger partial charge in [-0.1, -0.05) is 45.1 Å². The Balaban J connectivity index is 1.89. The van der Waals surface area contributed by atoms with Crippen LogP contribution in [0.2, 0.25) is 0 Å². The number of carbonyl (C=O) groups is 1. The van der Waals surface area contributed by atoms with E-state index < -0.39 is 5.54 Å². The fourth-order valence-corrected chi connectivity index (χ4v) is 4.66. The van der Waals surface area contributed by atoms with Crippen LogP contribution in [0.15, 0.2) is 12.7 Å². The summed E-state index contributed by atoms with van der Waals surface area (Å²) in [5.41, 5.74) is -0.417. The van der Waals surface area contributed by atoms with Crippen LogP contribution in [-0.4, -0.2) is 17.7 Å². The van der Waals surface area contributed by atoms with Crippen molar-refractivity contribution >= 4 is 5.97 Å². The number of hydrogen-bond acceptors (Lipinski definition) is 3. The molecular weight excluding hydrogens is 250 g/mol. The first-order valence-corrected chi connectivity index (χ1v) is 8.38. The van der Waals surface area contributed by atoms with Crippen molar-refractivity contribution in [1.82, 2.24) is 5.32 Å². The van der Waals surface area contributed by atoms with Crippen molar-refractivity contribution in [2.75, 3.05) is 0 Å². The molecule has 2 aliphatic carbocycles. The van der Waals surface area contributed by atoms with Gasteiger partial charge in [-0.3, -0.25) is 5.32 Å². The smallest absolute Gasteiger partial charge is 0.328 e. The Morgan fingerprint density at radius 2 is 1.50 bits per heavy atom. The number of rotatable bonds is 3. The monoisotopic (exact) mass is 277 g/mol. The molecule has 1 N–H and O–H groups in total. The average Bonchev–Trinajstić information content (AvgIpc) is 2.87. The molecule has 1 unspecified atom stereocenters. The van der Waals surface area contributed by atoms with Crippen LogP contribution < -0.4 is 5.32 Å². The Morgan fingerprint density at radius 1 is 1.00 bits per heavy atom. The summed E-state index contributed by atoms with van der Waals surface area (Å²) in [4.78, 5) is 12.7. The van der Waals surface area contributed by atoms with Crippen molar-refractivity contribution in [2.45, 2.75) is 76.0 Å². The maximum atomic E-state index is 12.7. The van der Waals surface area contributed by atoms with E-state index in [1.807, 2.05) is 0 Å². The van der Waals surface area contributed by atoms with Crippen LogP contribution in [-0.2, 0) is 9.53 Å². The molecule has 1 atom stereocenters. The second kappa shape index (κ2) is 5.88. The third-order valence-electron chi connectivity index (χ3n) is 5.67. The molecule has 0 aromatic heterocycles. The summed E-state index contributed by atoms with van der Waals surface area (Å²) >= 11 is 0. The fraction of sp³-hybridized carbons (Fsp3) is 0.824. The summed E-state index contributed by atoms with van der Waals surface area (Å²) in [7, 11) is 0. The molecule has 3 heteroatoms. The average molecular weight is 277 g/mol. The van der Waals surface area contributed by atoms with Crippen molar-refractivity contribution in [1.29, 1.82) is 0 Å². The van der Waals surface area contributed by atoms with E-state index in [0.29, 0.717) is 11.8 Å². The topological polar surface area (TPSA) is 38.3 Å². The molecule has 1 aliphatic heterocycles. The molecule has 1 heterocycles. The lowest BCUT2D eigenvalue weighted by molar-refractivity contribution is -0.148. The van der Waals surface area contributed by atoms with Crippen LogP contribution in [0.5, 0.6) is 0 Å². The van der Waals surface area contributed by atoms with E-state index in [2.05, 4.69) is 11.9 Å². The molecule has 20 heavy (non-hydrogen) atoms. The van der Waals surface area contributed by atoms with Gasteiger partial charge in [0, 0.05) is 0 Å². The van der Waals surface area contributed by atoms with Crippen LogP contribution >= 0.6 is 0 Å². The summed E-state index contributed by atoms with van der Waals surface area (Å²) in [5, 5.41) is 3.55. The minimum absolute atomic E-state index is 0.00111. The van der Waals surface area contributed by atoms with E-state index in [1.165, 1.54) is 64.2 Å². The minimum atomic E-state index is -0.417. The van der Waals surface area contributed by atoms with Gasteiger partial charge in [0.1, 0.15) is 5.54 Å². The van der Waals surface area contributed by atoms with Gasteiger partial charge in [-0.15, -0.1) is 0 Å². The highest BCUT2D eigenvalue weighted by molar-refractivity contribution is 5.84. The van der Waals surface area contributed by atoms with Gasteiger partial charge in [0.2, 0.25) is 0 Å². The van der Waals surface area contributed by atoms with E-state index in [1.54, 1.807) is 6.08 Å². The zero-order chi connectivity index (χ0) is 14.0. The first kappa shape index (κ1) is 14.1. The highest BCUT2D eigenvalue weighted by Gasteiger charge is 2.57. The van der Waals surface area contributed by atoms with Crippen LogP contribution in [0.4, 0.5) is 0 Å². The molecule has 0 radical (unpaired) electrons. The number of nitrogens with one attached hydrogen (secondary N) is 1. The summed E-state index contributed by atoms with van der Waals surface area (Å²) in [6, 6.07) is 0. The largest absolute Gasteiger partial charge is 0.441 e. The number of carbonyl (C=O) groups excluding carboxylic acids is 1. The Labute approximate surface area is 122 Å². The summed E-state index contributed by atoms with van der Waals surface area (Å²) in [6.45, 7) is 3.79. The molecule has 3 aliphatic rings. The van der Waals surface area contributed by atoms with Gasteiger partial charge in [0.15, 0.2) is 6.23 Å². The molecule has 112 valence electrons. The maximum absolute atomic E-state index is 12.7. The first-order chi connectivity index (χ1) is 9.77. The van der Waals surface area contributed by atoms with E-state index in [4.69, 9.17) is 4.74 Å². The van der Waals surface area contributed by atoms with E-state index in [0.717, 1.165) is 0 Å². The fourth-order valence-electron chi connectivity index (χ4n) is 4.66. The van der Waals surface area contributed by atoms with E-state index >= 15 is 0 Å². The molecule has 3 rings (SSSR count). The third-order valence-corrected chi connectivity index (χ3v) is 5.67. The lowest BCUT2D eigenvalue weighted by Gasteiger charge is -2.43. The Hall–Kier alpha value is -0.830. The molecule has 3 fully saturated rings. The molecule has 0 aromatic carbocycles. The van der Waals surface area contributed by atoms with Gasteiger partial charge < -0.3 is 4.74 Å². The standard InChI is InChI=1S/C17H27NO2/c1-2-15-18-17(16(19)20-15,13-9-5-3-6-10-13)14-11-7-4-8-12-14/h2,13-15,18H,1,3-12H2. The van der Waals surface area contributed by atoms with Gasteiger partial charge in [0.05, 0.1) is 0 Å². The summed E-state index contributed by atoms with van der Waals surface area (Å²) in [6.07, 6.45) is 13.8. The van der Waals surface area contributed by atoms with E-state index in [9.17, 15) is 4.79 Å². The molecular formula is C17H27NO2. The Bertz CT molecular complexity index is 349. The quantitative estimate of drug-likeness (QED) is 0.633. The van der Waals surface area contributed by atoms with Crippen LogP contribution in [0.1, 0.15) is 64.2 Å². The zero-order valence-electron chi connectivity index (χ0n) is 12.4. The Kier molecular flexibility index (Phi) is 4.16. The predicted molar refractivity (Wildman–Crippen MR) is 79.1 cm³/mol. The number of cyclic esters (lactones) is 1. The number of hydrogen-bond donors (Lipinski definition) is 1. The summed E-state index contributed by atoms with van der Waals surface area (Å²) < 4.78 is 5.56. The minimum Gasteiger partial charge on any atom is -0.441 e. The SMILES string of the molecule is C=CC1NC(C2CCCCC2)(C2CCCCC2)C(=O)O1. The van der Waals surface area contributed by atoms with Gasteiger partial charge in [-0.2, -0.15) is 0 Å². The zero-order valence-corrected chi connectivity index (χ0v) is 12.4. The van der Waals surface area contributed by atoms with Gasteiger partial charge >= 0.3 is 5.97 Å². The number of ether oxygens (including phenoxy) is 1. The van der Waals surface area contributed by atoms with Crippen molar-refractivity contribution in [3.05, 3.63) is 12.7 Å². The second-order valence-electron chi connectivity index (χ2n) is 6.74. The van der Waals surface area contributed by atoms with Crippen LogP contribution in [0.3, 0.4) is 0 Å². The Morgan fingerprint density at radius 3 is 1.90 bits per heavy atom. The molecule has 2 saturated carbocycles. The second-order valence-corrected chi connectivity index (χ2v) is 6.74. The third kappa shape index (κ3) is 2.30. The lowest BCUT2D eigenvalue weighted by Crippen LogP contribution is -2.59. The molecule has 1 saturated heterocycles. The van der Waals surface area contributed by atoms with Crippen LogP contribution in [0.25, 0.3) is 0 Å². The van der Waals surface area contributed by atoms with Crippen molar-refractivity contribution in [3.8, 4) is 0 Å². The number of esters is 1. The molecule has 3 nitrogen and oxygen atoms in total. The molecule has 0 amide bonds. The van der Waals surface area contributed by atoms with Gasteiger partial charge in [-0.25, -0.2) is 4.79 Å². The molecule has 0 bridgehead atoms. The predicted octanol–water partition coefficient (Wildman–Crippen LogP) is 3.54. The normalized spacial score (nSPS) is 32.0. The first-order valence-electron chi connectivity index (χ1n) is 8.38. The van der Waals surface area contributed by atoms with E-state index in [-0.39, 0.29) is 12.2 Å². The maximum Gasteiger partial charge on any atom is 0.328 e. The van der Waals surface area contributed by atoms with Crippen molar-refractivity contribution < 1.29 is 9.53 Å². The molecule has 0 aromatic rings. The van der Waals surface area contributed by atoms with Crippen LogP contribution in [0, 0.1) is 11.8 Å². The highest BCUT2D eigenvalue weighted by Crippen LogP contribution is 2.46. The van der Waals surface area contributed by atoms with Gasteiger partial charge in [-0.05, 0) is 43.6 Å². The van der Waals surface area contributed by atoms with Crippen molar-refractivity contribution in [3.63, 3.8) is 0 Å².